The molecule has 1 saturated heterocycles. The van der Waals surface area contributed by atoms with E-state index in [9.17, 15) is 4.79 Å². The van der Waals surface area contributed by atoms with Crippen LogP contribution in [0, 0.1) is 5.92 Å². The van der Waals surface area contributed by atoms with Crippen molar-refractivity contribution < 1.29 is 4.79 Å². The maximum atomic E-state index is 13.2. The molecule has 0 aliphatic carbocycles. The summed E-state index contributed by atoms with van der Waals surface area (Å²) in [6.07, 6.45) is 1.96. The molecular weight excluding hydrogens is 270 g/mol. The fourth-order valence-corrected chi connectivity index (χ4v) is 3.34. The number of hydrogen-bond acceptors (Lipinski definition) is 2. The van der Waals surface area contributed by atoms with Gasteiger partial charge in [0.25, 0.3) is 0 Å². The second kappa shape index (κ2) is 6.89. The summed E-state index contributed by atoms with van der Waals surface area (Å²) in [4.78, 5) is 15.5. The van der Waals surface area contributed by atoms with Crippen LogP contribution in [-0.4, -0.2) is 30.8 Å². The maximum absolute atomic E-state index is 13.2. The molecule has 2 aromatic carbocycles. The number of hydrogen-bond donors (Lipinski definition) is 0. The molecule has 0 amide bonds. The van der Waals surface area contributed by atoms with Gasteiger partial charge in [-0.15, -0.1) is 0 Å². The Labute approximate surface area is 132 Å². The Morgan fingerprint density at radius 2 is 1.36 bits per heavy atom. The van der Waals surface area contributed by atoms with E-state index in [2.05, 4.69) is 36.2 Å². The van der Waals surface area contributed by atoms with Crippen LogP contribution in [0.3, 0.4) is 0 Å². The molecule has 2 heteroatoms. The first kappa shape index (κ1) is 15.0. The minimum absolute atomic E-state index is 0.129. The van der Waals surface area contributed by atoms with Crippen LogP contribution < -0.4 is 0 Å². The van der Waals surface area contributed by atoms with E-state index in [1.165, 1.54) is 0 Å². The molecule has 114 valence electrons. The van der Waals surface area contributed by atoms with E-state index in [1.807, 2.05) is 36.4 Å². The van der Waals surface area contributed by atoms with Crippen molar-refractivity contribution >= 4 is 5.78 Å². The number of ketones is 1. The van der Waals surface area contributed by atoms with E-state index in [-0.39, 0.29) is 11.8 Å². The summed E-state index contributed by atoms with van der Waals surface area (Å²) < 4.78 is 0. The summed E-state index contributed by atoms with van der Waals surface area (Å²) >= 11 is 0. The number of likely N-dealkylation sites (tertiary alicyclic amines) is 1. The molecule has 1 aliphatic heterocycles. The van der Waals surface area contributed by atoms with E-state index in [4.69, 9.17) is 0 Å². The molecule has 0 radical (unpaired) electrons. The third-order valence-electron chi connectivity index (χ3n) is 4.67. The first-order valence-corrected chi connectivity index (χ1v) is 8.08. The molecule has 22 heavy (non-hydrogen) atoms. The first-order valence-electron chi connectivity index (χ1n) is 8.08. The van der Waals surface area contributed by atoms with Gasteiger partial charge in [0.1, 0.15) is 5.78 Å². The van der Waals surface area contributed by atoms with Crippen molar-refractivity contribution in [3.05, 3.63) is 71.8 Å². The van der Waals surface area contributed by atoms with Gasteiger partial charge in [-0.2, -0.15) is 0 Å². The molecule has 2 nitrogen and oxygen atoms in total. The molecule has 1 heterocycles. The number of carbonyl (C=O) groups excluding carboxylic acids is 1. The minimum Gasteiger partial charge on any atom is -0.306 e. The number of carbonyl (C=O) groups is 1. The largest absolute Gasteiger partial charge is 0.306 e. The molecule has 2 aromatic rings. The van der Waals surface area contributed by atoms with E-state index in [1.54, 1.807) is 0 Å². The van der Waals surface area contributed by atoms with Gasteiger partial charge < -0.3 is 4.90 Å². The van der Waals surface area contributed by atoms with Crippen molar-refractivity contribution in [3.63, 3.8) is 0 Å². The predicted molar refractivity (Wildman–Crippen MR) is 90.0 cm³/mol. The van der Waals surface area contributed by atoms with Crippen molar-refractivity contribution in [1.29, 1.82) is 0 Å². The zero-order valence-corrected chi connectivity index (χ0v) is 13.1. The standard InChI is InChI=1S/C20H23NO/c1-21-14-12-18(13-15-21)20(22)19(16-8-4-2-5-9-16)17-10-6-3-7-11-17/h2-11,18-19H,12-15H2,1H3. The number of rotatable bonds is 4. The number of Topliss-reactive ketones (excluding diaryl/α,β-unsaturated/α-hetero) is 1. The van der Waals surface area contributed by atoms with Gasteiger partial charge in [-0.05, 0) is 44.1 Å². The molecule has 0 atom stereocenters. The zero-order chi connectivity index (χ0) is 15.4. The number of nitrogens with zero attached hydrogens (tertiary/aromatic N) is 1. The Morgan fingerprint density at radius 3 is 1.82 bits per heavy atom. The first-order chi connectivity index (χ1) is 10.8. The zero-order valence-electron chi connectivity index (χ0n) is 13.1. The van der Waals surface area contributed by atoms with Gasteiger partial charge in [0, 0.05) is 5.92 Å². The lowest BCUT2D eigenvalue weighted by Crippen LogP contribution is -2.35. The summed E-state index contributed by atoms with van der Waals surface area (Å²) in [5.74, 6) is 0.433. The molecule has 0 N–H and O–H groups in total. The molecular formula is C20H23NO. The number of piperidine rings is 1. The van der Waals surface area contributed by atoms with Crippen molar-refractivity contribution in [3.8, 4) is 0 Å². The van der Waals surface area contributed by atoms with Crippen molar-refractivity contribution in [2.24, 2.45) is 5.92 Å². The second-order valence-corrected chi connectivity index (χ2v) is 6.23. The quantitative estimate of drug-likeness (QED) is 0.856. The highest BCUT2D eigenvalue weighted by molar-refractivity contribution is 5.91. The van der Waals surface area contributed by atoms with Crippen LogP contribution in [0.25, 0.3) is 0 Å². The van der Waals surface area contributed by atoms with Crippen LogP contribution in [0.4, 0.5) is 0 Å². The molecule has 0 saturated carbocycles. The molecule has 0 unspecified atom stereocenters. The van der Waals surface area contributed by atoms with Gasteiger partial charge in [0.15, 0.2) is 0 Å². The Morgan fingerprint density at radius 1 is 0.909 bits per heavy atom. The third kappa shape index (κ3) is 3.28. The lowest BCUT2D eigenvalue weighted by Gasteiger charge is -2.30. The van der Waals surface area contributed by atoms with Gasteiger partial charge in [0.2, 0.25) is 0 Å². The van der Waals surface area contributed by atoms with Crippen molar-refractivity contribution in [2.75, 3.05) is 20.1 Å². The van der Waals surface area contributed by atoms with Crippen LogP contribution in [0.2, 0.25) is 0 Å². The van der Waals surface area contributed by atoms with Gasteiger partial charge in [-0.25, -0.2) is 0 Å². The highest BCUT2D eigenvalue weighted by Crippen LogP contribution is 2.31. The summed E-state index contributed by atoms with van der Waals surface area (Å²) in [6, 6.07) is 20.4. The monoisotopic (exact) mass is 293 g/mol. The molecule has 1 aliphatic rings. The number of benzene rings is 2. The SMILES string of the molecule is CN1CCC(C(=O)C(c2ccccc2)c2ccccc2)CC1. The summed E-state index contributed by atoms with van der Waals surface area (Å²) in [7, 11) is 2.13. The second-order valence-electron chi connectivity index (χ2n) is 6.23. The van der Waals surface area contributed by atoms with Crippen LogP contribution in [0.15, 0.2) is 60.7 Å². The third-order valence-corrected chi connectivity index (χ3v) is 4.67. The van der Waals surface area contributed by atoms with E-state index >= 15 is 0 Å². The Balaban J connectivity index is 1.90. The summed E-state index contributed by atoms with van der Waals surface area (Å²) in [6.45, 7) is 2.04. The van der Waals surface area contributed by atoms with Gasteiger partial charge in [-0.1, -0.05) is 60.7 Å². The van der Waals surface area contributed by atoms with Crippen LogP contribution in [-0.2, 0) is 4.79 Å². The van der Waals surface area contributed by atoms with E-state index < -0.39 is 0 Å². The Kier molecular flexibility index (Phi) is 4.69. The normalized spacial score (nSPS) is 16.8. The van der Waals surface area contributed by atoms with E-state index in [0.29, 0.717) is 5.78 Å². The lowest BCUT2D eigenvalue weighted by atomic mass is 9.79. The molecule has 3 rings (SSSR count). The molecule has 0 bridgehead atoms. The van der Waals surface area contributed by atoms with Gasteiger partial charge in [0.05, 0.1) is 5.92 Å². The van der Waals surface area contributed by atoms with Crippen LogP contribution in [0.1, 0.15) is 29.9 Å². The van der Waals surface area contributed by atoms with Gasteiger partial charge in [-0.3, -0.25) is 4.79 Å². The summed E-state index contributed by atoms with van der Waals surface area (Å²) in [5, 5.41) is 0. The summed E-state index contributed by atoms with van der Waals surface area (Å²) in [5.41, 5.74) is 2.22. The fraction of sp³-hybridized carbons (Fsp3) is 0.350. The van der Waals surface area contributed by atoms with Gasteiger partial charge >= 0.3 is 0 Å². The van der Waals surface area contributed by atoms with E-state index in [0.717, 1.165) is 37.1 Å². The minimum atomic E-state index is -0.129. The van der Waals surface area contributed by atoms with Crippen LogP contribution >= 0.6 is 0 Å². The molecule has 0 aromatic heterocycles. The highest BCUT2D eigenvalue weighted by Gasteiger charge is 2.31. The van der Waals surface area contributed by atoms with Crippen molar-refractivity contribution in [2.45, 2.75) is 18.8 Å². The predicted octanol–water partition coefficient (Wildman–Crippen LogP) is 3.73. The smallest absolute Gasteiger partial charge is 0.147 e. The molecule has 1 fully saturated rings. The maximum Gasteiger partial charge on any atom is 0.147 e. The topological polar surface area (TPSA) is 20.3 Å². The van der Waals surface area contributed by atoms with Crippen molar-refractivity contribution in [1.82, 2.24) is 4.90 Å². The highest BCUT2D eigenvalue weighted by atomic mass is 16.1. The fourth-order valence-electron chi connectivity index (χ4n) is 3.34. The Bertz CT molecular complexity index is 561. The average Bonchev–Trinajstić information content (AvgIpc) is 2.57. The lowest BCUT2D eigenvalue weighted by molar-refractivity contribution is -0.124. The Hall–Kier alpha value is -1.93. The van der Waals surface area contributed by atoms with Crippen LogP contribution in [0.5, 0.6) is 0 Å². The average molecular weight is 293 g/mol. The molecule has 0 spiro atoms.